The molecule has 1 aliphatic carbocycles. The molecule has 0 saturated heterocycles. The maximum Gasteiger partial charge on any atom is 0.343 e. The molecule has 326 valence electrons. The summed E-state index contributed by atoms with van der Waals surface area (Å²) in [4.78, 5) is 5.24. The van der Waals surface area contributed by atoms with Crippen LogP contribution in [0.15, 0.2) is 136 Å². The number of thiophene rings is 1. The normalized spacial score (nSPS) is 16.4. The molecule has 3 aliphatic rings. The second kappa shape index (κ2) is 13.2. The predicted octanol–water partition coefficient (Wildman–Crippen LogP) is 16.4. The van der Waals surface area contributed by atoms with Crippen molar-refractivity contribution in [1.29, 1.82) is 0 Å². The quantitative estimate of drug-likeness (QED) is 0.162. The molecule has 6 heteroatoms. The van der Waals surface area contributed by atoms with Crippen molar-refractivity contribution < 1.29 is 8.83 Å². The molecule has 0 unspecified atom stereocenters. The molecule has 3 aromatic heterocycles. The molecule has 4 nitrogen and oxygen atoms in total. The summed E-state index contributed by atoms with van der Waals surface area (Å²) in [5, 5.41) is 5.82. The summed E-state index contributed by atoms with van der Waals surface area (Å²) in [6, 6.07) is 48.2. The molecule has 0 bridgehead atoms. The molecule has 2 aliphatic heterocycles. The Morgan fingerprint density at radius 2 is 1.09 bits per heavy atom. The van der Waals surface area contributed by atoms with Crippen molar-refractivity contribution in [3.05, 3.63) is 150 Å². The van der Waals surface area contributed by atoms with Crippen molar-refractivity contribution in [3.63, 3.8) is 0 Å². The molecule has 0 fully saturated rings. The SMILES string of the molecule is CC(C)(C)c1ccc(N2B3c4sc5cc6c(cc5c4N(c4ccc(C(C)(C)C)cc4)c4c3c(cc3c4oc4ccccc43)-c3cc4c(cc32)oc2ccccc24)C(C)(C)CCC6(C)C)cc1. The smallest absolute Gasteiger partial charge is 0.343 e. The van der Waals surface area contributed by atoms with Gasteiger partial charge in [0.25, 0.3) is 0 Å². The zero-order chi connectivity index (χ0) is 45.4. The van der Waals surface area contributed by atoms with E-state index >= 15 is 0 Å². The van der Waals surface area contributed by atoms with Crippen molar-refractivity contribution in [1.82, 2.24) is 0 Å². The lowest BCUT2D eigenvalue weighted by Crippen LogP contribution is -2.60. The summed E-state index contributed by atoms with van der Waals surface area (Å²) in [6.45, 7) is 23.4. The predicted molar refractivity (Wildman–Crippen MR) is 283 cm³/mol. The Morgan fingerprint density at radius 1 is 0.530 bits per heavy atom. The minimum atomic E-state index is -0.169. The minimum absolute atomic E-state index is 0.0104. The van der Waals surface area contributed by atoms with Gasteiger partial charge >= 0.3 is 6.85 Å². The third-order valence-electron chi connectivity index (χ3n) is 15.6. The minimum Gasteiger partial charge on any atom is -0.456 e. The first kappa shape index (κ1) is 40.1. The second-order valence-electron chi connectivity index (χ2n) is 22.8. The number of hydrogen-bond donors (Lipinski definition) is 0. The Kier molecular flexibility index (Phi) is 8.03. The van der Waals surface area contributed by atoms with Crippen LogP contribution < -0.4 is 20.0 Å². The summed E-state index contributed by atoms with van der Waals surface area (Å²) < 4.78 is 16.7. The van der Waals surface area contributed by atoms with Crippen molar-refractivity contribution in [2.45, 2.75) is 104 Å². The highest BCUT2D eigenvalue weighted by molar-refractivity contribution is 7.32. The van der Waals surface area contributed by atoms with Gasteiger partial charge < -0.3 is 18.5 Å². The van der Waals surface area contributed by atoms with Crippen molar-refractivity contribution in [2.75, 3.05) is 9.71 Å². The summed E-state index contributed by atoms with van der Waals surface area (Å²) in [6.07, 6.45) is 2.32. The number of anilines is 5. The van der Waals surface area contributed by atoms with Crippen LogP contribution in [0.1, 0.15) is 104 Å². The van der Waals surface area contributed by atoms with Gasteiger partial charge in [-0.3, -0.25) is 0 Å². The van der Waals surface area contributed by atoms with Gasteiger partial charge in [0.15, 0.2) is 5.58 Å². The van der Waals surface area contributed by atoms with E-state index in [-0.39, 0.29) is 28.5 Å². The average Bonchev–Trinajstić information content (AvgIpc) is 3.97. The number of hydrogen-bond acceptors (Lipinski definition) is 5. The van der Waals surface area contributed by atoms with Crippen molar-refractivity contribution >= 4 is 111 Å². The van der Waals surface area contributed by atoms with Gasteiger partial charge in [-0.05, 0) is 128 Å². The summed E-state index contributed by atoms with van der Waals surface area (Å²) in [7, 11) is 0. The van der Waals surface area contributed by atoms with Crippen molar-refractivity contribution in [3.8, 4) is 11.1 Å². The first-order chi connectivity index (χ1) is 31.5. The van der Waals surface area contributed by atoms with Crippen LogP contribution in [0, 0.1) is 0 Å². The zero-order valence-corrected chi connectivity index (χ0v) is 40.6. The van der Waals surface area contributed by atoms with Crippen LogP contribution in [-0.4, -0.2) is 6.85 Å². The third-order valence-corrected chi connectivity index (χ3v) is 16.8. The number of furan rings is 2. The van der Waals surface area contributed by atoms with Gasteiger partial charge in [-0.1, -0.05) is 130 Å². The molecule has 13 rings (SSSR count). The van der Waals surface area contributed by atoms with Gasteiger partial charge in [0.2, 0.25) is 0 Å². The van der Waals surface area contributed by atoms with E-state index in [1.807, 2.05) is 11.3 Å². The van der Waals surface area contributed by atoms with Gasteiger partial charge in [0.05, 0.1) is 11.4 Å². The lowest BCUT2D eigenvalue weighted by atomic mass is 9.46. The van der Waals surface area contributed by atoms with Crippen LogP contribution in [0.25, 0.3) is 65.1 Å². The Bertz CT molecular complexity index is 3680. The van der Waals surface area contributed by atoms with Crippen LogP contribution in [-0.2, 0) is 21.7 Å². The average molecular weight is 879 g/mol. The largest absolute Gasteiger partial charge is 0.456 e. The first-order valence-corrected chi connectivity index (χ1v) is 24.6. The highest BCUT2D eigenvalue weighted by atomic mass is 32.1. The maximum absolute atomic E-state index is 7.23. The fraction of sp³-hybridized carbons (Fsp3) is 0.267. The molecular formula is C60H55BN2O2S. The van der Waals surface area contributed by atoms with Crippen LogP contribution in [0.3, 0.4) is 0 Å². The van der Waals surface area contributed by atoms with Crippen LogP contribution in [0.4, 0.5) is 28.4 Å². The van der Waals surface area contributed by atoms with Gasteiger partial charge in [-0.25, -0.2) is 0 Å². The van der Waals surface area contributed by atoms with E-state index in [4.69, 9.17) is 8.83 Å². The lowest BCUT2D eigenvalue weighted by Gasteiger charge is -2.44. The van der Waals surface area contributed by atoms with E-state index in [1.165, 1.54) is 65.8 Å². The molecule has 5 heterocycles. The highest BCUT2D eigenvalue weighted by Gasteiger charge is 2.49. The van der Waals surface area contributed by atoms with E-state index in [1.54, 1.807) is 0 Å². The summed E-state index contributed by atoms with van der Waals surface area (Å²) in [5.74, 6) is 0. The molecule has 7 aromatic carbocycles. The molecule has 0 spiro atoms. The molecule has 66 heavy (non-hydrogen) atoms. The number of rotatable bonds is 2. The van der Waals surface area contributed by atoms with Crippen LogP contribution in [0.5, 0.6) is 0 Å². The van der Waals surface area contributed by atoms with E-state index in [9.17, 15) is 0 Å². The number of para-hydroxylation sites is 2. The number of nitrogens with zero attached hydrogens (tertiary/aromatic N) is 2. The number of benzene rings is 7. The van der Waals surface area contributed by atoms with E-state index < -0.39 is 0 Å². The Hall–Kier alpha value is -6.24. The molecule has 0 N–H and O–H groups in total. The van der Waals surface area contributed by atoms with Gasteiger partial charge in [0, 0.05) is 65.1 Å². The number of fused-ring (bicyclic) bond motifs is 14. The Balaban J connectivity index is 1.22. The maximum atomic E-state index is 7.23. The molecule has 10 aromatic rings. The monoisotopic (exact) mass is 878 g/mol. The molecule has 0 saturated carbocycles. The molecule has 0 atom stereocenters. The topological polar surface area (TPSA) is 32.8 Å². The second-order valence-corrected chi connectivity index (χ2v) is 23.9. The van der Waals surface area contributed by atoms with Gasteiger partial charge in [-0.15, -0.1) is 11.3 Å². The Morgan fingerprint density at radius 3 is 1.73 bits per heavy atom. The van der Waals surface area contributed by atoms with Gasteiger partial charge in [-0.2, -0.15) is 0 Å². The standard InChI is InChI=1S/C60H55BN2O2S/c1-57(2,3)34-19-23-36(24-20-34)62-53-44-31-45-46(60(9,10)28-27-59(45,7)8)32-51(44)66-56(53)61-52-42(30-43-39-16-12-14-18-49(39)65-55(43)54(52)62)40-29-41-38-15-11-13-17-48(38)64-50(41)33-47(40)63(61)37-25-21-35(22-26-37)58(4,5)6/h11-26,29-33H,27-28H2,1-10H3. The van der Waals surface area contributed by atoms with Gasteiger partial charge in [0.1, 0.15) is 16.7 Å². The lowest BCUT2D eigenvalue weighted by molar-refractivity contribution is 0.332. The van der Waals surface area contributed by atoms with Crippen molar-refractivity contribution in [2.24, 2.45) is 0 Å². The van der Waals surface area contributed by atoms with Crippen LogP contribution >= 0.6 is 11.3 Å². The Labute approximate surface area is 391 Å². The third kappa shape index (κ3) is 5.57. The fourth-order valence-corrected chi connectivity index (χ4v) is 13.1. The summed E-state index contributed by atoms with van der Waals surface area (Å²) >= 11 is 1.98. The first-order valence-electron chi connectivity index (χ1n) is 23.8. The van der Waals surface area contributed by atoms with E-state index in [0.29, 0.717) is 0 Å². The van der Waals surface area contributed by atoms with Crippen LogP contribution in [0.2, 0.25) is 0 Å². The molecular weight excluding hydrogens is 824 g/mol. The summed E-state index contributed by atoms with van der Waals surface area (Å²) in [5.41, 5.74) is 18.9. The highest BCUT2D eigenvalue weighted by Crippen LogP contribution is 2.56. The zero-order valence-electron chi connectivity index (χ0n) is 39.7. The van der Waals surface area contributed by atoms with E-state index in [2.05, 4.69) is 206 Å². The molecule has 0 radical (unpaired) electrons. The fourth-order valence-electron chi connectivity index (χ4n) is 11.7. The van der Waals surface area contributed by atoms with E-state index in [0.717, 1.165) is 73.0 Å². The molecule has 0 amide bonds.